The summed E-state index contributed by atoms with van der Waals surface area (Å²) in [5, 5.41) is 1.55. The number of rotatable bonds is 6. The number of benzene rings is 2. The number of hydrogen-bond donors (Lipinski definition) is 0. The van der Waals surface area contributed by atoms with Gasteiger partial charge in [0.1, 0.15) is 13.2 Å². The van der Waals surface area contributed by atoms with Crippen molar-refractivity contribution < 1.29 is 14.3 Å². The van der Waals surface area contributed by atoms with Gasteiger partial charge < -0.3 is 9.47 Å². The SMILES string of the molecule is CCCn1c(SCC(=O)c2ccc3c(c2)OCCO3)nc2cc(Cl)ccc2c1=O. The van der Waals surface area contributed by atoms with Crippen molar-refractivity contribution in [2.45, 2.75) is 25.0 Å². The third-order valence-electron chi connectivity index (χ3n) is 4.53. The topological polar surface area (TPSA) is 70.4 Å². The van der Waals surface area contributed by atoms with E-state index in [9.17, 15) is 9.59 Å². The lowest BCUT2D eigenvalue weighted by Crippen LogP contribution is -2.23. The third-order valence-corrected chi connectivity index (χ3v) is 5.74. The van der Waals surface area contributed by atoms with Gasteiger partial charge in [-0.25, -0.2) is 4.98 Å². The fraction of sp³-hybridized carbons (Fsp3) is 0.286. The van der Waals surface area contributed by atoms with Crippen molar-refractivity contribution in [3.63, 3.8) is 0 Å². The van der Waals surface area contributed by atoms with Gasteiger partial charge in [0.05, 0.1) is 16.7 Å². The summed E-state index contributed by atoms with van der Waals surface area (Å²) in [5.41, 5.74) is 0.946. The molecule has 3 aromatic rings. The molecular weight excluding hydrogens is 412 g/mol. The maximum atomic E-state index is 12.9. The van der Waals surface area contributed by atoms with Crippen LogP contribution in [0.3, 0.4) is 0 Å². The number of nitrogens with zero attached hydrogens (tertiary/aromatic N) is 2. The molecule has 29 heavy (non-hydrogen) atoms. The smallest absolute Gasteiger partial charge is 0.262 e. The van der Waals surface area contributed by atoms with E-state index in [0.29, 0.717) is 57.9 Å². The van der Waals surface area contributed by atoms with Crippen LogP contribution in [0, 0.1) is 0 Å². The van der Waals surface area contributed by atoms with Crippen LogP contribution in [0.25, 0.3) is 10.9 Å². The van der Waals surface area contributed by atoms with Crippen molar-refractivity contribution in [1.82, 2.24) is 9.55 Å². The van der Waals surface area contributed by atoms with Gasteiger partial charge in [-0.2, -0.15) is 0 Å². The minimum Gasteiger partial charge on any atom is -0.486 e. The highest BCUT2D eigenvalue weighted by Crippen LogP contribution is 2.31. The van der Waals surface area contributed by atoms with Crippen LogP contribution in [0.15, 0.2) is 46.3 Å². The second-order valence-corrected chi connectivity index (χ2v) is 7.96. The summed E-state index contributed by atoms with van der Waals surface area (Å²) in [6.45, 7) is 3.49. The lowest BCUT2D eigenvalue weighted by atomic mass is 10.1. The quantitative estimate of drug-likeness (QED) is 0.331. The number of ether oxygens (including phenoxy) is 2. The van der Waals surface area contributed by atoms with Crippen molar-refractivity contribution in [2.75, 3.05) is 19.0 Å². The number of fused-ring (bicyclic) bond motifs is 2. The van der Waals surface area contributed by atoms with Crippen molar-refractivity contribution in [2.24, 2.45) is 0 Å². The van der Waals surface area contributed by atoms with Gasteiger partial charge in [-0.05, 0) is 42.8 Å². The van der Waals surface area contributed by atoms with Crippen LogP contribution in [0.2, 0.25) is 5.02 Å². The van der Waals surface area contributed by atoms with Crippen LogP contribution in [0.4, 0.5) is 0 Å². The first-order valence-electron chi connectivity index (χ1n) is 9.32. The second-order valence-electron chi connectivity index (χ2n) is 6.58. The number of Topliss-reactive ketones (excluding diaryl/α,β-unsaturated/α-hetero) is 1. The Morgan fingerprint density at radius 1 is 1.17 bits per heavy atom. The van der Waals surface area contributed by atoms with E-state index in [1.165, 1.54) is 11.8 Å². The molecule has 2 aromatic carbocycles. The number of aromatic nitrogens is 2. The molecule has 4 rings (SSSR count). The van der Waals surface area contributed by atoms with Crippen LogP contribution < -0.4 is 15.0 Å². The average Bonchev–Trinajstić information content (AvgIpc) is 2.73. The summed E-state index contributed by atoms with van der Waals surface area (Å²) in [4.78, 5) is 30.2. The largest absolute Gasteiger partial charge is 0.486 e. The summed E-state index contributed by atoms with van der Waals surface area (Å²) in [7, 11) is 0. The third kappa shape index (κ3) is 4.11. The van der Waals surface area contributed by atoms with Crippen LogP contribution in [-0.4, -0.2) is 34.3 Å². The van der Waals surface area contributed by atoms with Gasteiger partial charge >= 0.3 is 0 Å². The molecule has 0 bridgehead atoms. The Morgan fingerprint density at radius 2 is 1.97 bits per heavy atom. The maximum absolute atomic E-state index is 12.9. The van der Waals surface area contributed by atoms with Crippen molar-refractivity contribution >= 4 is 40.0 Å². The summed E-state index contributed by atoms with van der Waals surface area (Å²) in [6, 6.07) is 10.2. The first kappa shape index (κ1) is 19.8. The van der Waals surface area contributed by atoms with Gasteiger partial charge in [0.2, 0.25) is 0 Å². The van der Waals surface area contributed by atoms with E-state index in [2.05, 4.69) is 4.98 Å². The molecular formula is C21H19ClN2O4S. The minimum atomic E-state index is -0.122. The van der Waals surface area contributed by atoms with Gasteiger partial charge in [-0.15, -0.1) is 0 Å². The van der Waals surface area contributed by atoms with Crippen LogP contribution in [-0.2, 0) is 6.54 Å². The van der Waals surface area contributed by atoms with Crippen LogP contribution in [0.1, 0.15) is 23.7 Å². The fourth-order valence-corrected chi connectivity index (χ4v) is 4.22. The normalized spacial score (nSPS) is 12.9. The molecule has 1 aliphatic heterocycles. The number of hydrogen-bond acceptors (Lipinski definition) is 6. The summed E-state index contributed by atoms with van der Waals surface area (Å²) in [5.74, 6) is 1.30. The Hall–Kier alpha value is -2.51. The Bertz CT molecular complexity index is 1150. The highest BCUT2D eigenvalue weighted by Gasteiger charge is 2.17. The van der Waals surface area contributed by atoms with E-state index in [4.69, 9.17) is 21.1 Å². The van der Waals surface area contributed by atoms with E-state index < -0.39 is 0 Å². The van der Waals surface area contributed by atoms with E-state index in [0.717, 1.165) is 6.42 Å². The van der Waals surface area contributed by atoms with Gasteiger partial charge in [0.15, 0.2) is 22.4 Å². The molecule has 150 valence electrons. The molecule has 0 spiro atoms. The van der Waals surface area contributed by atoms with Crippen molar-refractivity contribution in [1.29, 1.82) is 0 Å². The zero-order valence-corrected chi connectivity index (χ0v) is 17.4. The number of ketones is 1. The van der Waals surface area contributed by atoms with Crippen LogP contribution in [0.5, 0.6) is 11.5 Å². The number of carbonyl (C=O) groups excluding carboxylic acids is 1. The first-order chi connectivity index (χ1) is 14.1. The highest BCUT2D eigenvalue weighted by atomic mass is 35.5. The average molecular weight is 431 g/mol. The molecule has 0 N–H and O–H groups in total. The molecule has 0 aliphatic carbocycles. The van der Waals surface area contributed by atoms with E-state index in [-0.39, 0.29) is 17.1 Å². The maximum Gasteiger partial charge on any atom is 0.262 e. The first-order valence-corrected chi connectivity index (χ1v) is 10.7. The fourth-order valence-electron chi connectivity index (χ4n) is 3.14. The molecule has 2 heterocycles. The molecule has 0 fully saturated rings. The Labute approximate surface area is 176 Å². The predicted molar refractivity (Wildman–Crippen MR) is 114 cm³/mol. The van der Waals surface area contributed by atoms with Gasteiger partial charge in [-0.1, -0.05) is 30.3 Å². The van der Waals surface area contributed by atoms with Gasteiger partial charge in [0.25, 0.3) is 5.56 Å². The Kier molecular flexibility index (Phi) is 5.78. The molecule has 0 amide bonds. The second kappa shape index (κ2) is 8.47. The molecule has 0 atom stereocenters. The molecule has 1 aromatic heterocycles. The molecule has 0 radical (unpaired) electrons. The van der Waals surface area contributed by atoms with Crippen molar-refractivity contribution in [3.8, 4) is 11.5 Å². The van der Waals surface area contributed by atoms with E-state index in [1.54, 1.807) is 41.0 Å². The highest BCUT2D eigenvalue weighted by molar-refractivity contribution is 7.99. The summed E-state index contributed by atoms with van der Waals surface area (Å²) >= 11 is 7.31. The molecule has 8 heteroatoms. The Balaban J connectivity index is 1.61. The van der Waals surface area contributed by atoms with Gasteiger partial charge in [0, 0.05) is 17.1 Å². The number of thioether (sulfide) groups is 1. The Morgan fingerprint density at radius 3 is 2.76 bits per heavy atom. The molecule has 0 unspecified atom stereocenters. The molecule has 1 aliphatic rings. The van der Waals surface area contributed by atoms with E-state index in [1.807, 2.05) is 6.92 Å². The number of halogens is 1. The molecule has 6 nitrogen and oxygen atoms in total. The van der Waals surface area contributed by atoms with Crippen LogP contribution >= 0.6 is 23.4 Å². The number of carbonyl (C=O) groups is 1. The lowest BCUT2D eigenvalue weighted by molar-refractivity contribution is 0.102. The van der Waals surface area contributed by atoms with E-state index >= 15 is 0 Å². The lowest BCUT2D eigenvalue weighted by Gasteiger charge is -2.18. The summed E-state index contributed by atoms with van der Waals surface area (Å²) < 4.78 is 12.7. The standard InChI is InChI=1S/C21H19ClN2O4S/c1-2-7-24-20(26)15-5-4-14(22)11-16(15)23-21(24)29-12-17(25)13-3-6-18-19(10-13)28-9-8-27-18/h3-6,10-11H,2,7-9,12H2,1H3. The molecule has 0 saturated carbocycles. The predicted octanol–water partition coefficient (Wildman–Crippen LogP) is 4.21. The zero-order chi connectivity index (χ0) is 20.4. The monoisotopic (exact) mass is 430 g/mol. The minimum absolute atomic E-state index is 0.0736. The summed E-state index contributed by atoms with van der Waals surface area (Å²) in [6.07, 6.45) is 0.782. The zero-order valence-electron chi connectivity index (χ0n) is 15.8. The van der Waals surface area contributed by atoms with Crippen molar-refractivity contribution in [3.05, 3.63) is 57.3 Å². The molecule has 0 saturated heterocycles. The van der Waals surface area contributed by atoms with Gasteiger partial charge in [-0.3, -0.25) is 14.2 Å².